The Morgan fingerprint density at radius 3 is 2.30 bits per heavy atom. The predicted molar refractivity (Wildman–Crippen MR) is 147 cm³/mol. The molecule has 1 aromatic carbocycles. The van der Waals surface area contributed by atoms with Crippen molar-refractivity contribution < 1.29 is 38.7 Å². The van der Waals surface area contributed by atoms with Gasteiger partial charge in [-0.05, 0) is 37.0 Å². The van der Waals surface area contributed by atoms with Crippen LogP contribution in [-0.2, 0) is 23.7 Å². The molecule has 8 heteroatoms. The predicted octanol–water partition coefficient (Wildman–Crippen LogP) is 4.08. The lowest BCUT2D eigenvalue weighted by molar-refractivity contribution is -0.357. The van der Waals surface area contributed by atoms with Gasteiger partial charge < -0.3 is 29.2 Å². The third-order valence-electron chi connectivity index (χ3n) is 11.2. The molecule has 1 aliphatic heterocycles. The summed E-state index contributed by atoms with van der Waals surface area (Å²) in [5.41, 5.74) is -2.42. The van der Waals surface area contributed by atoms with Crippen LogP contribution in [0.25, 0.3) is 0 Å². The van der Waals surface area contributed by atoms with E-state index in [1.54, 1.807) is 31.4 Å². The van der Waals surface area contributed by atoms with Crippen molar-refractivity contribution in [2.45, 2.75) is 96.9 Å². The highest BCUT2D eigenvalue weighted by Gasteiger charge is 2.76. The second-order valence-electron chi connectivity index (χ2n) is 13.3. The Hall–Kier alpha value is -2.26. The monoisotopic (exact) mass is 556 g/mol. The van der Waals surface area contributed by atoms with Gasteiger partial charge in [-0.2, -0.15) is 0 Å². The zero-order valence-electron chi connectivity index (χ0n) is 24.9. The molecular weight excluding hydrogens is 512 g/mol. The van der Waals surface area contributed by atoms with Crippen molar-refractivity contribution in [1.29, 1.82) is 0 Å². The largest absolute Gasteiger partial charge is 0.455 e. The second-order valence-corrected chi connectivity index (χ2v) is 13.3. The molecule has 4 aliphatic rings. The van der Waals surface area contributed by atoms with Crippen LogP contribution in [0.15, 0.2) is 41.5 Å². The van der Waals surface area contributed by atoms with Gasteiger partial charge in [0, 0.05) is 37.2 Å². The average molecular weight is 557 g/mol. The van der Waals surface area contributed by atoms with E-state index in [0.717, 1.165) is 11.1 Å². The second kappa shape index (κ2) is 9.65. The summed E-state index contributed by atoms with van der Waals surface area (Å²) in [7, 11) is 1.60. The van der Waals surface area contributed by atoms with Crippen LogP contribution in [-0.4, -0.2) is 71.5 Å². The maximum absolute atomic E-state index is 13.8. The third-order valence-corrected chi connectivity index (χ3v) is 11.2. The van der Waals surface area contributed by atoms with Crippen molar-refractivity contribution in [3.8, 4) is 0 Å². The minimum Gasteiger partial charge on any atom is -0.455 e. The van der Waals surface area contributed by atoms with Gasteiger partial charge in [0.25, 0.3) is 0 Å². The molecule has 40 heavy (non-hydrogen) atoms. The van der Waals surface area contributed by atoms with Gasteiger partial charge in [0.05, 0.1) is 30.3 Å². The van der Waals surface area contributed by atoms with E-state index in [2.05, 4.69) is 6.92 Å². The van der Waals surface area contributed by atoms with Gasteiger partial charge in [0.15, 0.2) is 5.60 Å². The summed E-state index contributed by atoms with van der Waals surface area (Å²) in [4.78, 5) is 26.4. The lowest BCUT2D eigenvalue weighted by atomic mass is 9.42. The highest BCUT2D eigenvalue weighted by Crippen LogP contribution is 2.67. The molecule has 1 heterocycles. The molecule has 2 bridgehead atoms. The van der Waals surface area contributed by atoms with Gasteiger partial charge in [-0.1, -0.05) is 58.4 Å². The minimum atomic E-state index is -1.63. The molecule has 5 rings (SSSR count). The topological polar surface area (TPSA) is 112 Å². The first-order valence-electron chi connectivity index (χ1n) is 14.4. The molecule has 10 atom stereocenters. The molecule has 1 unspecified atom stereocenters. The van der Waals surface area contributed by atoms with Gasteiger partial charge in [-0.3, -0.25) is 4.79 Å². The molecule has 1 aromatic rings. The number of rotatable bonds is 4. The minimum absolute atomic E-state index is 0.0939. The quantitative estimate of drug-likeness (QED) is 0.422. The molecule has 2 N–H and O–H groups in total. The first-order chi connectivity index (χ1) is 18.7. The molecule has 0 radical (unpaired) electrons. The van der Waals surface area contributed by atoms with Crippen LogP contribution in [0.4, 0.5) is 0 Å². The summed E-state index contributed by atoms with van der Waals surface area (Å²) in [6, 6.07) is 8.68. The van der Waals surface area contributed by atoms with E-state index < -0.39 is 64.3 Å². The van der Waals surface area contributed by atoms with Crippen molar-refractivity contribution in [1.82, 2.24) is 0 Å². The summed E-state index contributed by atoms with van der Waals surface area (Å²) in [5, 5.41) is 25.5. The van der Waals surface area contributed by atoms with Crippen molar-refractivity contribution in [2.24, 2.45) is 28.6 Å². The first kappa shape index (κ1) is 29.2. The number of aliphatic hydroxyl groups excluding tert-OH is 1. The Bertz CT molecular complexity index is 1210. The summed E-state index contributed by atoms with van der Waals surface area (Å²) < 4.78 is 24.5. The van der Waals surface area contributed by atoms with E-state index in [-0.39, 0.29) is 24.9 Å². The molecule has 8 nitrogen and oxygen atoms in total. The maximum atomic E-state index is 13.8. The Labute approximate surface area is 237 Å². The van der Waals surface area contributed by atoms with Gasteiger partial charge in [-0.15, -0.1) is 0 Å². The van der Waals surface area contributed by atoms with Crippen LogP contribution in [0.2, 0.25) is 0 Å². The van der Waals surface area contributed by atoms with E-state index in [9.17, 15) is 19.8 Å². The molecule has 1 saturated heterocycles. The number of ether oxygens (including phenoxy) is 4. The van der Waals surface area contributed by atoms with Gasteiger partial charge in [0.1, 0.15) is 17.8 Å². The maximum Gasteiger partial charge on any atom is 0.338 e. The fraction of sp³-hybridized carbons (Fsp3) is 0.688. The van der Waals surface area contributed by atoms with E-state index in [0.29, 0.717) is 12.0 Å². The van der Waals surface area contributed by atoms with Crippen molar-refractivity contribution in [3.05, 3.63) is 47.0 Å². The fourth-order valence-corrected chi connectivity index (χ4v) is 8.96. The average Bonchev–Trinajstić information content (AvgIpc) is 2.90. The summed E-state index contributed by atoms with van der Waals surface area (Å²) in [5.74, 6) is -2.30. The number of carbonyl (C=O) groups is 2. The van der Waals surface area contributed by atoms with Gasteiger partial charge in [0.2, 0.25) is 0 Å². The van der Waals surface area contributed by atoms with Gasteiger partial charge in [-0.25, -0.2) is 4.79 Å². The molecule has 2 saturated carbocycles. The molecular formula is C32H44O8. The lowest BCUT2D eigenvalue weighted by Gasteiger charge is -2.70. The highest BCUT2D eigenvalue weighted by molar-refractivity contribution is 5.89. The Morgan fingerprint density at radius 1 is 1.10 bits per heavy atom. The summed E-state index contributed by atoms with van der Waals surface area (Å²) >= 11 is 0. The Kier molecular flexibility index (Phi) is 7.05. The van der Waals surface area contributed by atoms with Crippen molar-refractivity contribution in [2.75, 3.05) is 13.7 Å². The molecule has 0 aromatic heterocycles. The first-order valence-corrected chi connectivity index (χ1v) is 14.4. The number of hydrogen-bond donors (Lipinski definition) is 2. The third kappa shape index (κ3) is 3.79. The molecule has 3 fully saturated rings. The molecule has 0 spiro atoms. The highest BCUT2D eigenvalue weighted by atomic mass is 16.6. The number of methoxy groups -OCH3 is 1. The number of carbonyl (C=O) groups excluding carboxylic acids is 2. The SMILES string of the molecule is CO[C@H]1C[C@@]2(O)[C@@H](OC(=O)c3ccccc3)[C@H]3[C@@](C)([C@@H](C)CC4OC[C@]43OC(C)=O)[C@@H](O)[C@@H](C)C(=C1C)C2(C)C. The smallest absolute Gasteiger partial charge is 0.338 e. The Balaban J connectivity index is 1.81. The van der Waals surface area contributed by atoms with E-state index >= 15 is 0 Å². The van der Waals surface area contributed by atoms with Crippen LogP contribution >= 0.6 is 0 Å². The van der Waals surface area contributed by atoms with Crippen LogP contribution in [0.1, 0.15) is 71.7 Å². The van der Waals surface area contributed by atoms with E-state index in [4.69, 9.17) is 18.9 Å². The van der Waals surface area contributed by atoms with Crippen LogP contribution in [0.5, 0.6) is 0 Å². The van der Waals surface area contributed by atoms with Crippen LogP contribution < -0.4 is 0 Å². The number of fused-ring (bicyclic) bond motifs is 5. The Morgan fingerprint density at radius 2 is 1.75 bits per heavy atom. The van der Waals surface area contributed by atoms with Gasteiger partial charge >= 0.3 is 11.9 Å². The molecule has 0 amide bonds. The van der Waals surface area contributed by atoms with Crippen molar-refractivity contribution >= 4 is 11.9 Å². The van der Waals surface area contributed by atoms with Crippen molar-refractivity contribution in [3.63, 3.8) is 0 Å². The summed E-state index contributed by atoms with van der Waals surface area (Å²) in [6.07, 6.45) is -2.23. The van der Waals surface area contributed by atoms with E-state index in [1.165, 1.54) is 6.92 Å². The van der Waals surface area contributed by atoms with E-state index in [1.807, 2.05) is 40.7 Å². The molecule has 220 valence electrons. The number of esters is 2. The zero-order valence-corrected chi connectivity index (χ0v) is 24.9. The normalized spacial score (nSPS) is 43.8. The molecule has 3 aliphatic carbocycles. The standard InChI is InChI=1S/C32H44O8/c1-17-14-23-31(16-38-23,40-20(4)33)25-27(39-28(35)21-12-10-9-11-13-21)32(36)15-22(37-8)18(2)24(29(32,5)6)19(3)26(34)30(17,25)7/h9-13,17,19,22-23,25-27,34,36H,14-16H2,1-8H3/t17-,19-,22-,23?,25-,26-,27-,30+,31-,32+/m0/s1. The number of hydrogen-bond acceptors (Lipinski definition) is 8. The fourth-order valence-electron chi connectivity index (χ4n) is 8.96. The van der Waals surface area contributed by atoms with Crippen LogP contribution in [0, 0.1) is 28.6 Å². The zero-order chi connectivity index (χ0) is 29.4. The lowest BCUT2D eigenvalue weighted by Crippen LogP contribution is -2.80. The number of aliphatic hydroxyl groups is 2. The summed E-state index contributed by atoms with van der Waals surface area (Å²) in [6.45, 7) is 13.4. The van der Waals surface area contributed by atoms with Crippen LogP contribution in [0.3, 0.4) is 0 Å². The number of benzene rings is 1.